The Morgan fingerprint density at radius 2 is 0.880 bits per heavy atom. The molecule has 6 aromatic heterocycles. The molecule has 5 saturated carbocycles. The van der Waals surface area contributed by atoms with Crippen LogP contribution in [-0.2, 0) is 20.0 Å². The number of phenols is 2. The number of aromatic nitrogens is 12. The molecule has 0 radical (unpaired) electrons. The number of sulfonamides is 2. The first-order valence-electron chi connectivity index (χ1n) is 45.1. The maximum absolute atomic E-state index is 12.9. The first-order valence-corrected chi connectivity index (χ1v) is 48.1. The fourth-order valence-corrected chi connectivity index (χ4v) is 17.5. The standard InChI is InChI=1S/C22H29N5O3S.C20H27N5O4S.C19H22N6O.C18H21N3O3.C16H19N3O3/c1-15-11-18(31(23,29)30)9-10-19(15)26-22(28)20-12-21(25-14-24-20)27(13-16-7-8-16)17-5-3-2-4-6-17;1-25(16-5-3-2-4-6-16)19-13-18(21-14-22-19)20(27)24-15-7-9-17(10-8-15)30(28,29)23-11-12-26;1-25(15-5-3-2-4-6-15)18-10-17(20-12-21-18)19(26)23-14-7-8-16-13(9-14)11-22-24-16;1-12-9-13(22)7-8-15(12)21-18(23)16-10-17(20-11-19-16)24-14-5-3-2-4-6-14;1-4-11(3)22-15-8-14(17-9-18-15)16(21)19-13-6-5-12(20)7-10(13)2/h9-12,14,16-17H,2-8,13H2,1H3,(H,26,28)(H2,23,29,30);7-10,13-14,16,23,26H,2-6,11-12H2,1H3,(H,24,27);7-12,15H,2-6H2,1H3,(H,22,24)(H,23,26);7-11,14,22H,2-6H2,1H3,(H,21,23);5-9,11,20H,4H2,1-3H3,(H,19,21). The summed E-state index contributed by atoms with van der Waals surface area (Å²) in [5.74, 6) is 2.46. The van der Waals surface area contributed by atoms with Crippen LogP contribution in [0.4, 0.5) is 45.9 Å². The van der Waals surface area contributed by atoms with E-state index in [9.17, 15) is 51.0 Å². The van der Waals surface area contributed by atoms with Gasteiger partial charge in [-0.05, 0) is 231 Å². The number of carbonyl (C=O) groups excluding carboxylic acids is 5. The molecule has 11 aromatic rings. The van der Waals surface area contributed by atoms with Crippen molar-refractivity contribution < 1.29 is 65.6 Å². The molecular weight excluding hydrogens is 1740 g/mol. The van der Waals surface area contributed by atoms with Crippen molar-refractivity contribution in [3.8, 4) is 23.3 Å². The highest BCUT2D eigenvalue weighted by molar-refractivity contribution is 7.89. The van der Waals surface area contributed by atoms with Crippen molar-refractivity contribution in [1.82, 2.24) is 64.8 Å². The van der Waals surface area contributed by atoms with E-state index in [0.717, 1.165) is 85.2 Å². The molecule has 5 amide bonds. The molecule has 5 fully saturated rings. The number of rotatable bonds is 28. The number of phenolic OH excluding ortho intramolecular Hbond substituents is 2. The van der Waals surface area contributed by atoms with E-state index in [1.165, 1.54) is 195 Å². The van der Waals surface area contributed by atoms with Crippen LogP contribution in [0.5, 0.6) is 23.3 Å². The summed E-state index contributed by atoms with van der Waals surface area (Å²) in [6.45, 7) is 9.90. The van der Waals surface area contributed by atoms with Crippen LogP contribution < -0.4 is 60.6 Å². The van der Waals surface area contributed by atoms with Gasteiger partial charge in [-0.1, -0.05) is 71.1 Å². The van der Waals surface area contributed by atoms with E-state index >= 15 is 0 Å². The molecule has 12 N–H and O–H groups in total. The molecule has 0 aliphatic heterocycles. The number of amides is 5. The Morgan fingerprint density at radius 3 is 1.35 bits per heavy atom. The minimum Gasteiger partial charge on any atom is -0.508 e. The Hall–Kier alpha value is -13.3. The predicted octanol–water partition coefficient (Wildman–Crippen LogP) is 14.8. The number of carbonyl (C=O) groups is 5. The molecule has 1 unspecified atom stereocenters. The molecule has 0 spiro atoms. The third-order valence-electron chi connectivity index (χ3n) is 23.8. The van der Waals surface area contributed by atoms with Crippen molar-refractivity contribution in [3.63, 3.8) is 0 Å². The van der Waals surface area contributed by atoms with Crippen molar-refractivity contribution in [2.75, 3.05) is 75.1 Å². The van der Waals surface area contributed by atoms with Crippen molar-refractivity contribution in [2.45, 2.75) is 222 Å². The molecule has 16 rings (SSSR count). The SMILES string of the molecule is CCC(C)Oc1cc(C(=O)Nc2ccc(O)cc2C)ncn1.CN(c1cc(C(=O)Nc2ccc(S(=O)(=O)NCCO)cc2)ncn1)C1CCCCC1.CN(c1cc(C(=O)Nc2ccc3[nH]ncc3c2)ncn1)C1CCCCC1.Cc1cc(O)ccc1NC(=O)c1cc(OC2CCCCC2)ncn1.Cc1cc(S(N)(=O)=O)ccc1NC(=O)c1cc(N(CC2CC2)C2CCCCC2)ncn1. The molecule has 5 aromatic carbocycles. The van der Waals surface area contributed by atoms with Crippen LogP contribution in [-0.4, -0.2) is 186 Å². The number of H-pyrrole nitrogens is 1. The van der Waals surface area contributed by atoms with Crippen LogP contribution >= 0.6 is 0 Å². The van der Waals surface area contributed by atoms with Crippen LogP contribution in [0.2, 0.25) is 0 Å². The number of nitrogens with zero attached hydrogens (tertiary/aromatic N) is 14. The minimum atomic E-state index is -3.79. The highest BCUT2D eigenvalue weighted by Crippen LogP contribution is 2.36. The number of nitrogens with two attached hydrogens (primary N) is 1. The van der Waals surface area contributed by atoms with Crippen LogP contribution in [0.15, 0.2) is 175 Å². The predicted molar refractivity (Wildman–Crippen MR) is 508 cm³/mol. The molecule has 0 saturated heterocycles. The lowest BCUT2D eigenvalue weighted by atomic mass is 9.94. The highest BCUT2D eigenvalue weighted by Gasteiger charge is 2.32. The molecule has 0 bridgehead atoms. The topological polar surface area (TPSA) is 498 Å². The molecule has 5 aliphatic rings. The number of aromatic hydroxyl groups is 2. The molecule has 6 heterocycles. The molecule has 38 heteroatoms. The van der Waals surface area contributed by atoms with Gasteiger partial charge >= 0.3 is 0 Å². The van der Waals surface area contributed by atoms with E-state index < -0.39 is 26.0 Å². The summed E-state index contributed by atoms with van der Waals surface area (Å²) in [5, 5.41) is 54.6. The van der Waals surface area contributed by atoms with Crippen LogP contribution in [0.25, 0.3) is 10.9 Å². The average Bonchev–Trinajstić information content (AvgIpc) is 1.81. The Labute approximate surface area is 774 Å². The molecular formula is C95H118N22O14S2. The van der Waals surface area contributed by atoms with Crippen molar-refractivity contribution in [2.24, 2.45) is 11.1 Å². The fourth-order valence-electron chi connectivity index (χ4n) is 15.8. The average molecular weight is 1860 g/mol. The number of nitrogens with one attached hydrogen (secondary N) is 7. The van der Waals surface area contributed by atoms with Gasteiger partial charge in [-0.15, -0.1) is 0 Å². The summed E-state index contributed by atoms with van der Waals surface area (Å²) in [6.07, 6.45) is 36.0. The zero-order chi connectivity index (χ0) is 94.6. The number of primary sulfonamides is 1. The van der Waals surface area contributed by atoms with Gasteiger partial charge in [-0.3, -0.25) is 29.1 Å². The number of hydrogen-bond acceptors (Lipinski definition) is 28. The second-order valence-corrected chi connectivity index (χ2v) is 37.1. The van der Waals surface area contributed by atoms with Gasteiger partial charge in [0.25, 0.3) is 29.5 Å². The van der Waals surface area contributed by atoms with Gasteiger partial charge in [0.2, 0.25) is 31.8 Å². The Kier molecular flexibility index (Phi) is 35.4. The third kappa shape index (κ3) is 29.3. The number of anilines is 8. The highest BCUT2D eigenvalue weighted by atomic mass is 32.2. The van der Waals surface area contributed by atoms with Crippen LogP contribution in [0.1, 0.15) is 231 Å². The zero-order valence-electron chi connectivity index (χ0n) is 75.9. The summed E-state index contributed by atoms with van der Waals surface area (Å²) >= 11 is 0. The van der Waals surface area contributed by atoms with Gasteiger partial charge < -0.3 is 66.1 Å². The molecule has 36 nitrogen and oxygen atoms in total. The van der Waals surface area contributed by atoms with Crippen molar-refractivity contribution >= 4 is 106 Å². The van der Waals surface area contributed by atoms with Gasteiger partial charge in [0.05, 0.1) is 34.2 Å². The van der Waals surface area contributed by atoms with E-state index in [0.29, 0.717) is 81.3 Å². The number of fused-ring (bicyclic) bond motifs is 1. The maximum atomic E-state index is 12.9. The lowest BCUT2D eigenvalue weighted by Gasteiger charge is -2.35. The smallest absolute Gasteiger partial charge is 0.274 e. The van der Waals surface area contributed by atoms with Gasteiger partial charge in [0, 0.05) is 109 Å². The van der Waals surface area contributed by atoms with E-state index in [1.807, 2.05) is 53.1 Å². The number of aliphatic hydroxyl groups excluding tert-OH is 1. The summed E-state index contributed by atoms with van der Waals surface area (Å²) in [5.41, 5.74) is 7.36. The largest absolute Gasteiger partial charge is 0.508 e. The quantitative estimate of drug-likeness (QED) is 0.0203. The van der Waals surface area contributed by atoms with E-state index in [-0.39, 0.29) is 93.1 Å². The number of benzene rings is 5. The monoisotopic (exact) mass is 1850 g/mol. The normalized spacial score (nSPS) is 15.0. The summed E-state index contributed by atoms with van der Waals surface area (Å²) in [4.78, 5) is 111. The van der Waals surface area contributed by atoms with Gasteiger partial charge in [0.15, 0.2) is 0 Å². The molecule has 704 valence electrons. The summed E-state index contributed by atoms with van der Waals surface area (Å²) in [6, 6.07) is 34.9. The number of aliphatic hydroxyl groups is 1. The Balaban J connectivity index is 0.000000151. The third-order valence-corrected chi connectivity index (χ3v) is 26.2. The Morgan fingerprint density at radius 1 is 0.466 bits per heavy atom. The van der Waals surface area contributed by atoms with E-state index in [1.54, 1.807) is 68.6 Å². The minimum absolute atomic E-state index is 0.00974. The van der Waals surface area contributed by atoms with Crippen molar-refractivity contribution in [1.29, 1.82) is 0 Å². The number of aryl methyl sites for hydroxylation is 3. The lowest BCUT2D eigenvalue weighted by molar-refractivity contribution is 0.101. The Bertz CT molecular complexity index is 6010. The van der Waals surface area contributed by atoms with Gasteiger partial charge in [-0.2, -0.15) is 5.10 Å². The van der Waals surface area contributed by atoms with Gasteiger partial charge in [-0.25, -0.2) is 76.5 Å². The first kappa shape index (κ1) is 98.7. The van der Waals surface area contributed by atoms with Crippen LogP contribution in [0, 0.1) is 26.7 Å². The number of ether oxygens (including phenoxy) is 2. The van der Waals surface area contributed by atoms with Crippen molar-refractivity contribution in [3.05, 3.63) is 210 Å². The second-order valence-electron chi connectivity index (χ2n) is 33.8. The first-order chi connectivity index (χ1) is 64.0. The van der Waals surface area contributed by atoms with E-state index in [2.05, 4.69) is 106 Å². The fraction of sp³-hybridized carbons (Fsp3) is 0.411. The van der Waals surface area contributed by atoms with E-state index in [4.69, 9.17) is 19.7 Å². The number of hydrogen-bond donors (Lipinski definition) is 11. The zero-order valence-corrected chi connectivity index (χ0v) is 77.6. The molecule has 1 atom stereocenters. The van der Waals surface area contributed by atoms with Crippen LogP contribution in [0.3, 0.4) is 0 Å². The molecule has 5 aliphatic carbocycles. The number of aromatic amines is 1. The lowest BCUT2D eigenvalue weighted by Crippen LogP contribution is -2.39. The summed E-state index contributed by atoms with van der Waals surface area (Å²) < 4.78 is 60.9. The molecule has 133 heavy (non-hydrogen) atoms. The maximum Gasteiger partial charge on any atom is 0.274 e. The second kappa shape index (κ2) is 47.7. The van der Waals surface area contributed by atoms with Gasteiger partial charge in [0.1, 0.15) is 95.2 Å². The summed E-state index contributed by atoms with van der Waals surface area (Å²) in [7, 11) is -3.45.